The van der Waals surface area contributed by atoms with E-state index in [1.807, 2.05) is 11.8 Å². The minimum atomic E-state index is 1.30. The van der Waals surface area contributed by atoms with Crippen LogP contribution >= 0.6 is 11.8 Å². The lowest BCUT2D eigenvalue weighted by Gasteiger charge is -2.29. The summed E-state index contributed by atoms with van der Waals surface area (Å²) in [7, 11) is 4.27. The summed E-state index contributed by atoms with van der Waals surface area (Å²) in [5.41, 5.74) is 3.91. The maximum atomic E-state index is 2.26. The Morgan fingerprint density at radius 3 is 2.62 bits per heavy atom. The second-order valence-electron chi connectivity index (χ2n) is 4.10. The van der Waals surface area contributed by atoms with Gasteiger partial charge in [0.05, 0.1) is 11.4 Å². The molecule has 1 aliphatic rings. The number of rotatable bonds is 0. The van der Waals surface area contributed by atoms with Crippen molar-refractivity contribution in [3.05, 3.63) is 42.5 Å². The summed E-state index contributed by atoms with van der Waals surface area (Å²) in [6, 6.07) is 15.2. The topological polar surface area (TPSA) is 3.24 Å². The highest BCUT2D eigenvalue weighted by Gasteiger charge is 2.19. The zero-order chi connectivity index (χ0) is 11.1. The average Bonchev–Trinajstić information content (AvgIpc) is 2.29. The van der Waals surface area contributed by atoms with E-state index in [1.54, 1.807) is 0 Å². The molecule has 0 atom stereocenters. The first-order valence-electron chi connectivity index (χ1n) is 5.37. The van der Waals surface area contributed by atoms with Crippen molar-refractivity contribution in [2.45, 2.75) is 9.79 Å². The van der Waals surface area contributed by atoms with E-state index in [0.717, 1.165) is 0 Å². The molecule has 0 aliphatic carbocycles. The van der Waals surface area contributed by atoms with Gasteiger partial charge in [0.25, 0.3) is 0 Å². The standard InChI is InChI=1S/C13H12BNS/c1-15-10-4-2-3-5-12(10)16-13-8-9(14)6-7-11(13)15/h2-8H,14H2,1H3. The van der Waals surface area contributed by atoms with Gasteiger partial charge in [0.1, 0.15) is 7.85 Å². The Labute approximate surface area is 101 Å². The average molecular weight is 225 g/mol. The van der Waals surface area contributed by atoms with E-state index in [9.17, 15) is 0 Å². The molecule has 0 bridgehead atoms. The molecule has 0 spiro atoms. The Hall–Kier alpha value is -1.35. The number of anilines is 2. The van der Waals surface area contributed by atoms with Gasteiger partial charge in [-0.3, -0.25) is 0 Å². The summed E-state index contributed by atoms with van der Waals surface area (Å²) in [5, 5.41) is 0. The van der Waals surface area contributed by atoms with Crippen molar-refractivity contribution in [1.29, 1.82) is 0 Å². The molecule has 1 aliphatic heterocycles. The van der Waals surface area contributed by atoms with Gasteiger partial charge in [0.15, 0.2) is 0 Å². The molecule has 16 heavy (non-hydrogen) atoms. The monoisotopic (exact) mass is 225 g/mol. The fourth-order valence-corrected chi connectivity index (χ4v) is 3.30. The van der Waals surface area contributed by atoms with Crippen molar-refractivity contribution in [2.75, 3.05) is 11.9 Å². The Kier molecular flexibility index (Phi) is 2.21. The Morgan fingerprint density at radius 2 is 1.75 bits per heavy atom. The lowest BCUT2D eigenvalue weighted by molar-refractivity contribution is 1.11. The minimum absolute atomic E-state index is 1.30. The second-order valence-corrected chi connectivity index (χ2v) is 5.18. The van der Waals surface area contributed by atoms with Crippen LogP contribution in [0.15, 0.2) is 52.3 Å². The van der Waals surface area contributed by atoms with Crippen LogP contribution in [-0.4, -0.2) is 14.9 Å². The number of para-hydroxylation sites is 1. The van der Waals surface area contributed by atoms with Gasteiger partial charge in [-0.05, 0) is 18.2 Å². The highest BCUT2D eigenvalue weighted by molar-refractivity contribution is 7.99. The van der Waals surface area contributed by atoms with E-state index in [1.165, 1.54) is 26.6 Å². The molecule has 1 nitrogen and oxygen atoms in total. The van der Waals surface area contributed by atoms with Gasteiger partial charge >= 0.3 is 0 Å². The zero-order valence-electron chi connectivity index (χ0n) is 9.40. The van der Waals surface area contributed by atoms with Gasteiger partial charge in [-0.2, -0.15) is 0 Å². The first-order valence-corrected chi connectivity index (χ1v) is 6.18. The predicted octanol–water partition coefficient (Wildman–Crippen LogP) is 2.18. The van der Waals surface area contributed by atoms with E-state index in [-0.39, 0.29) is 0 Å². The van der Waals surface area contributed by atoms with Crippen LogP contribution in [0.3, 0.4) is 0 Å². The van der Waals surface area contributed by atoms with Crippen LogP contribution in [0.1, 0.15) is 0 Å². The third kappa shape index (κ3) is 1.43. The summed E-state index contributed by atoms with van der Waals surface area (Å²) in [6.45, 7) is 0. The first kappa shape index (κ1) is 9.85. The predicted molar refractivity (Wildman–Crippen MR) is 73.2 cm³/mol. The van der Waals surface area contributed by atoms with Crippen LogP contribution in [0.25, 0.3) is 0 Å². The lowest BCUT2D eigenvalue weighted by Crippen LogP contribution is -2.16. The largest absolute Gasteiger partial charge is 0.343 e. The molecule has 0 aromatic heterocycles. The normalized spacial score (nSPS) is 13.2. The summed E-state index contributed by atoms with van der Waals surface area (Å²) in [4.78, 5) is 4.95. The maximum Gasteiger partial charge on any atom is 0.139 e. The summed E-state index contributed by atoms with van der Waals surface area (Å²) < 4.78 is 0. The lowest BCUT2D eigenvalue weighted by atomic mass is 9.96. The van der Waals surface area contributed by atoms with E-state index in [2.05, 4.69) is 62.3 Å². The molecule has 2 aromatic rings. The number of hydrogen-bond acceptors (Lipinski definition) is 2. The fraction of sp³-hybridized carbons (Fsp3) is 0.0769. The van der Waals surface area contributed by atoms with Gasteiger partial charge < -0.3 is 4.90 Å². The van der Waals surface area contributed by atoms with E-state index in [4.69, 9.17) is 0 Å². The van der Waals surface area contributed by atoms with Crippen molar-refractivity contribution in [3.8, 4) is 0 Å². The van der Waals surface area contributed by atoms with E-state index in [0.29, 0.717) is 0 Å². The molecule has 2 aromatic carbocycles. The Balaban J connectivity index is 2.18. The molecule has 0 amide bonds. The van der Waals surface area contributed by atoms with Crippen molar-refractivity contribution in [3.63, 3.8) is 0 Å². The molecule has 0 unspecified atom stereocenters. The molecule has 3 heteroatoms. The van der Waals surface area contributed by atoms with Crippen molar-refractivity contribution < 1.29 is 0 Å². The van der Waals surface area contributed by atoms with Crippen molar-refractivity contribution >= 4 is 36.4 Å². The molecule has 0 radical (unpaired) electrons. The van der Waals surface area contributed by atoms with Crippen LogP contribution in [0, 0.1) is 0 Å². The van der Waals surface area contributed by atoms with Crippen LogP contribution in [0.4, 0.5) is 11.4 Å². The van der Waals surface area contributed by atoms with Crippen LogP contribution in [-0.2, 0) is 0 Å². The number of hydrogen-bond donors (Lipinski definition) is 0. The molecule has 0 N–H and O–H groups in total. The van der Waals surface area contributed by atoms with Gasteiger partial charge in [-0.1, -0.05) is 41.5 Å². The Bertz CT molecular complexity index is 553. The van der Waals surface area contributed by atoms with E-state index < -0.39 is 0 Å². The third-order valence-corrected chi connectivity index (χ3v) is 4.04. The molecule has 0 saturated heterocycles. The van der Waals surface area contributed by atoms with Gasteiger partial charge in [-0.25, -0.2) is 0 Å². The smallest absolute Gasteiger partial charge is 0.139 e. The molecular weight excluding hydrogens is 213 g/mol. The second kappa shape index (κ2) is 3.60. The summed E-state index contributed by atoms with van der Waals surface area (Å²) >= 11 is 1.86. The van der Waals surface area contributed by atoms with Gasteiger partial charge in [0.2, 0.25) is 0 Å². The van der Waals surface area contributed by atoms with Crippen molar-refractivity contribution in [2.24, 2.45) is 0 Å². The Morgan fingerprint density at radius 1 is 1.00 bits per heavy atom. The fourth-order valence-electron chi connectivity index (χ4n) is 2.05. The minimum Gasteiger partial charge on any atom is -0.343 e. The van der Waals surface area contributed by atoms with E-state index >= 15 is 0 Å². The quantitative estimate of drug-likeness (QED) is 0.632. The first-order chi connectivity index (χ1) is 7.75. The van der Waals surface area contributed by atoms with Crippen molar-refractivity contribution in [1.82, 2.24) is 0 Å². The number of fused-ring (bicyclic) bond motifs is 2. The third-order valence-electron chi connectivity index (χ3n) is 2.92. The highest BCUT2D eigenvalue weighted by Crippen LogP contribution is 2.46. The molecular formula is C13H12BNS. The maximum absolute atomic E-state index is 2.26. The highest BCUT2D eigenvalue weighted by atomic mass is 32.2. The number of nitrogens with zero attached hydrogens (tertiary/aromatic N) is 1. The SMILES string of the molecule is Bc1ccc2c(c1)Sc1ccccc1N2C. The van der Waals surface area contributed by atoms with Crippen LogP contribution in [0.5, 0.6) is 0 Å². The zero-order valence-corrected chi connectivity index (χ0v) is 10.2. The number of benzene rings is 2. The van der Waals surface area contributed by atoms with Gasteiger partial charge in [-0.15, -0.1) is 0 Å². The summed E-state index contributed by atoms with van der Waals surface area (Å²) in [5.74, 6) is 0. The molecule has 78 valence electrons. The van der Waals surface area contributed by atoms with Crippen LogP contribution < -0.4 is 10.4 Å². The molecule has 0 saturated carbocycles. The molecule has 1 heterocycles. The summed E-state index contributed by atoms with van der Waals surface area (Å²) in [6.07, 6.45) is 0. The van der Waals surface area contributed by atoms with Crippen LogP contribution in [0.2, 0.25) is 0 Å². The molecule has 3 rings (SSSR count). The van der Waals surface area contributed by atoms with Gasteiger partial charge in [0, 0.05) is 16.8 Å². The molecule has 0 fully saturated rings.